The van der Waals surface area contributed by atoms with Crippen molar-refractivity contribution in [1.82, 2.24) is 19.5 Å². The molecule has 4 aromatic rings. The summed E-state index contributed by atoms with van der Waals surface area (Å²) in [6, 6.07) is 9.87. The summed E-state index contributed by atoms with van der Waals surface area (Å²) in [6.07, 6.45) is 3.89. The first-order chi connectivity index (χ1) is 16.3. The van der Waals surface area contributed by atoms with Gasteiger partial charge in [0, 0.05) is 11.6 Å². The lowest BCUT2D eigenvalue weighted by Crippen LogP contribution is -2.29. The number of ether oxygens (including phenoxy) is 3. The molecule has 176 valence electrons. The number of nitrogens with zero attached hydrogens (tertiary/aromatic N) is 4. The highest BCUT2D eigenvalue weighted by Crippen LogP contribution is 2.45. The van der Waals surface area contributed by atoms with Gasteiger partial charge in [-0.1, -0.05) is 23.7 Å². The van der Waals surface area contributed by atoms with Crippen LogP contribution in [0.2, 0.25) is 5.02 Å². The first-order valence-corrected chi connectivity index (χ1v) is 11.6. The molecule has 3 aromatic heterocycles. The average Bonchev–Trinajstić information content (AvgIpc) is 3.45. The lowest BCUT2D eigenvalue weighted by atomic mass is 10.0. The monoisotopic (exact) mass is 480 g/mol. The van der Waals surface area contributed by atoms with E-state index in [0.29, 0.717) is 22.3 Å². The van der Waals surface area contributed by atoms with Crippen LogP contribution < -0.4 is 11.5 Å². The zero-order valence-corrected chi connectivity index (χ0v) is 19.6. The SMILES string of the molecule is CC1(C)O[C@@H]2[C@H](O1)[C@@H](CCc1ccc3cc(Cl)c(N)nc3c1)O[C@H]2n1ccc2c(N)ncnc21. The molecule has 4 N–H and O–H groups in total. The molecule has 5 heterocycles. The molecule has 1 aromatic carbocycles. The average molecular weight is 481 g/mol. The number of rotatable bonds is 4. The lowest BCUT2D eigenvalue weighted by Gasteiger charge is -2.25. The third-order valence-electron chi connectivity index (χ3n) is 6.52. The van der Waals surface area contributed by atoms with Crippen LogP contribution in [0.3, 0.4) is 0 Å². The molecule has 2 aliphatic rings. The van der Waals surface area contributed by atoms with E-state index in [0.717, 1.165) is 34.7 Å². The summed E-state index contributed by atoms with van der Waals surface area (Å²) in [6.45, 7) is 3.86. The minimum absolute atomic E-state index is 0.160. The van der Waals surface area contributed by atoms with Crippen LogP contribution in [-0.2, 0) is 20.6 Å². The minimum Gasteiger partial charge on any atom is -0.383 e. The molecule has 0 spiro atoms. The largest absolute Gasteiger partial charge is 0.383 e. The van der Waals surface area contributed by atoms with Crippen molar-refractivity contribution >= 4 is 45.2 Å². The standard InChI is InChI=1S/C24H25ClN6O3/c1-24(2)33-18-17(6-4-12-3-5-13-10-15(25)21(27)30-16(13)9-12)32-23(19(18)34-24)31-8-7-14-20(26)28-11-29-22(14)31/h3,5,7-11,17-19,23H,4,6H2,1-2H3,(H2,27,30)(H2,26,28,29)/t17-,18-,19-,23-/m1/s1. The second-order valence-electron chi connectivity index (χ2n) is 9.27. The van der Waals surface area contributed by atoms with Crippen LogP contribution in [0.15, 0.2) is 42.9 Å². The molecule has 0 bridgehead atoms. The Morgan fingerprint density at radius 1 is 1.06 bits per heavy atom. The molecule has 4 atom stereocenters. The Kier molecular flexibility index (Phi) is 4.93. The van der Waals surface area contributed by atoms with Gasteiger partial charge in [0.1, 0.15) is 35.8 Å². The smallest absolute Gasteiger partial charge is 0.164 e. The summed E-state index contributed by atoms with van der Waals surface area (Å²) < 4.78 is 21.0. The van der Waals surface area contributed by atoms with Crippen molar-refractivity contribution in [2.75, 3.05) is 11.5 Å². The van der Waals surface area contributed by atoms with E-state index in [-0.39, 0.29) is 24.5 Å². The number of aryl methyl sites for hydroxylation is 1. The maximum absolute atomic E-state index is 6.52. The van der Waals surface area contributed by atoms with Crippen LogP contribution in [0.5, 0.6) is 0 Å². The van der Waals surface area contributed by atoms with Crippen LogP contribution in [0.4, 0.5) is 11.6 Å². The summed E-state index contributed by atoms with van der Waals surface area (Å²) in [7, 11) is 0. The van der Waals surface area contributed by atoms with Crippen LogP contribution >= 0.6 is 11.6 Å². The highest BCUT2D eigenvalue weighted by atomic mass is 35.5. The maximum atomic E-state index is 6.52. The molecular formula is C24H25ClN6O3. The molecule has 6 rings (SSSR count). The number of hydrogen-bond acceptors (Lipinski definition) is 8. The van der Waals surface area contributed by atoms with Crippen molar-refractivity contribution in [3.63, 3.8) is 0 Å². The summed E-state index contributed by atoms with van der Waals surface area (Å²) >= 11 is 6.10. The number of halogens is 1. The summed E-state index contributed by atoms with van der Waals surface area (Å²) in [5, 5.41) is 2.20. The van der Waals surface area contributed by atoms with Gasteiger partial charge in [0.05, 0.1) is 22.0 Å². The lowest BCUT2D eigenvalue weighted by molar-refractivity contribution is -0.196. The Bertz CT molecular complexity index is 1410. The van der Waals surface area contributed by atoms with Gasteiger partial charge in [-0.3, -0.25) is 0 Å². The van der Waals surface area contributed by atoms with Gasteiger partial charge in [-0.05, 0) is 50.5 Å². The van der Waals surface area contributed by atoms with E-state index in [9.17, 15) is 0 Å². The van der Waals surface area contributed by atoms with Crippen LogP contribution in [-0.4, -0.2) is 43.6 Å². The molecule has 9 nitrogen and oxygen atoms in total. The van der Waals surface area contributed by atoms with Crippen molar-refractivity contribution in [1.29, 1.82) is 0 Å². The van der Waals surface area contributed by atoms with Crippen molar-refractivity contribution in [2.24, 2.45) is 0 Å². The van der Waals surface area contributed by atoms with Crippen molar-refractivity contribution in [3.8, 4) is 0 Å². The number of fused-ring (bicyclic) bond motifs is 3. The number of benzene rings is 1. The second-order valence-corrected chi connectivity index (χ2v) is 9.68. The highest BCUT2D eigenvalue weighted by Gasteiger charge is 2.55. The fraction of sp³-hybridized carbons (Fsp3) is 0.375. The number of aromatic nitrogens is 4. The first-order valence-electron chi connectivity index (χ1n) is 11.2. The van der Waals surface area contributed by atoms with Crippen molar-refractivity contribution in [3.05, 3.63) is 53.4 Å². The molecule has 2 fully saturated rings. The topological polar surface area (TPSA) is 123 Å². The van der Waals surface area contributed by atoms with Crippen LogP contribution in [0.1, 0.15) is 32.1 Å². The van der Waals surface area contributed by atoms with Crippen LogP contribution in [0, 0.1) is 0 Å². The second kappa shape index (κ2) is 7.78. The van der Waals surface area contributed by atoms with E-state index in [1.165, 1.54) is 6.33 Å². The zero-order chi connectivity index (χ0) is 23.6. The Balaban J connectivity index is 1.27. The van der Waals surface area contributed by atoms with E-state index in [1.807, 2.05) is 48.9 Å². The quantitative estimate of drug-likeness (QED) is 0.451. The third kappa shape index (κ3) is 3.56. The van der Waals surface area contributed by atoms with E-state index >= 15 is 0 Å². The number of pyridine rings is 1. The fourth-order valence-corrected chi connectivity index (χ4v) is 5.14. The van der Waals surface area contributed by atoms with Crippen molar-refractivity contribution in [2.45, 2.75) is 57.0 Å². The molecule has 10 heteroatoms. The molecule has 2 saturated heterocycles. The highest BCUT2D eigenvalue weighted by molar-refractivity contribution is 6.33. The number of nitrogen functional groups attached to an aromatic ring is 2. The Hall–Kier alpha value is -2.98. The van der Waals surface area contributed by atoms with Crippen molar-refractivity contribution < 1.29 is 14.2 Å². The zero-order valence-electron chi connectivity index (χ0n) is 18.8. The molecule has 0 aliphatic carbocycles. The van der Waals surface area contributed by atoms with Gasteiger partial charge >= 0.3 is 0 Å². The molecule has 0 radical (unpaired) electrons. The normalized spacial score (nSPS) is 25.9. The maximum Gasteiger partial charge on any atom is 0.164 e. The molecule has 0 amide bonds. The molecule has 0 unspecified atom stereocenters. The first kappa shape index (κ1) is 21.5. The van der Waals surface area contributed by atoms with Gasteiger partial charge in [-0.2, -0.15) is 0 Å². The number of hydrogen-bond donors (Lipinski definition) is 2. The van der Waals surface area contributed by atoms with Gasteiger partial charge in [0.2, 0.25) is 0 Å². The fourth-order valence-electron chi connectivity index (χ4n) is 4.98. The number of nitrogens with two attached hydrogens (primary N) is 2. The molecule has 34 heavy (non-hydrogen) atoms. The Morgan fingerprint density at radius 2 is 1.88 bits per heavy atom. The Morgan fingerprint density at radius 3 is 2.74 bits per heavy atom. The third-order valence-corrected chi connectivity index (χ3v) is 6.82. The van der Waals surface area contributed by atoms with Gasteiger partial charge in [0.25, 0.3) is 0 Å². The summed E-state index contributed by atoms with van der Waals surface area (Å²) in [4.78, 5) is 12.9. The molecule has 2 aliphatic heterocycles. The summed E-state index contributed by atoms with van der Waals surface area (Å²) in [5.74, 6) is 0.0693. The number of anilines is 2. The van der Waals surface area contributed by atoms with Crippen LogP contribution in [0.25, 0.3) is 21.9 Å². The van der Waals surface area contributed by atoms with E-state index in [4.69, 9.17) is 37.3 Å². The van der Waals surface area contributed by atoms with Gasteiger partial charge in [0.15, 0.2) is 12.0 Å². The minimum atomic E-state index is -0.698. The van der Waals surface area contributed by atoms with Gasteiger partial charge in [-0.15, -0.1) is 0 Å². The predicted molar refractivity (Wildman–Crippen MR) is 129 cm³/mol. The van der Waals surface area contributed by atoms with E-state index in [1.54, 1.807) is 0 Å². The molecule has 0 saturated carbocycles. The van der Waals surface area contributed by atoms with E-state index in [2.05, 4.69) is 21.0 Å². The van der Waals surface area contributed by atoms with E-state index < -0.39 is 5.79 Å². The Labute approximate surface area is 201 Å². The summed E-state index contributed by atoms with van der Waals surface area (Å²) in [5.41, 5.74) is 14.6. The predicted octanol–water partition coefficient (Wildman–Crippen LogP) is 3.85. The molecular weight excluding hydrogens is 456 g/mol. The van der Waals surface area contributed by atoms with Gasteiger partial charge in [-0.25, -0.2) is 15.0 Å². The van der Waals surface area contributed by atoms with Gasteiger partial charge < -0.3 is 30.2 Å².